The van der Waals surface area contributed by atoms with Gasteiger partial charge in [-0.3, -0.25) is 4.99 Å². The van der Waals surface area contributed by atoms with Gasteiger partial charge in [0.1, 0.15) is 5.75 Å². The second kappa shape index (κ2) is 8.83. The number of nitrogens with zero attached hydrogens (tertiary/aromatic N) is 3. The Morgan fingerprint density at radius 3 is 2.54 bits per heavy atom. The van der Waals surface area contributed by atoms with E-state index in [1.807, 2.05) is 23.7 Å². The molecule has 4 nitrogen and oxygen atoms in total. The summed E-state index contributed by atoms with van der Waals surface area (Å²) in [5.41, 5.74) is 3.32. The van der Waals surface area contributed by atoms with Crippen LogP contribution >= 0.6 is 11.3 Å². The fourth-order valence-electron chi connectivity index (χ4n) is 2.32. The fraction of sp³-hybridized carbons (Fsp3) is 0.474. The molecule has 0 saturated carbocycles. The molecule has 0 unspecified atom stereocenters. The van der Waals surface area contributed by atoms with Crippen LogP contribution in [-0.4, -0.2) is 24.0 Å². The smallest absolute Gasteiger partial charge is 0.206 e. The molecular weight excluding hydrogens is 318 g/mol. The highest BCUT2D eigenvalue weighted by Crippen LogP contribution is 2.23. The quantitative estimate of drug-likeness (QED) is 0.664. The van der Waals surface area contributed by atoms with Gasteiger partial charge in [-0.15, -0.1) is 11.3 Å². The van der Waals surface area contributed by atoms with E-state index in [0.717, 1.165) is 46.9 Å². The number of hydrogen-bond donors (Lipinski definition) is 0. The Morgan fingerprint density at radius 2 is 1.96 bits per heavy atom. The third-order valence-electron chi connectivity index (χ3n) is 3.72. The first-order chi connectivity index (χ1) is 11.5. The third-order valence-corrected chi connectivity index (χ3v) is 4.57. The third kappa shape index (κ3) is 4.81. The molecule has 0 spiro atoms. The van der Waals surface area contributed by atoms with E-state index in [9.17, 15) is 0 Å². The highest BCUT2D eigenvalue weighted by molar-refractivity contribution is 7.07. The van der Waals surface area contributed by atoms with Gasteiger partial charge in [-0.1, -0.05) is 13.8 Å². The van der Waals surface area contributed by atoms with Crippen molar-refractivity contribution in [3.05, 3.63) is 34.4 Å². The molecule has 5 heteroatoms. The average molecular weight is 346 g/mol. The van der Waals surface area contributed by atoms with E-state index in [1.165, 1.54) is 0 Å². The maximum Gasteiger partial charge on any atom is 0.206 e. The van der Waals surface area contributed by atoms with Crippen molar-refractivity contribution in [2.75, 3.05) is 13.7 Å². The zero-order chi connectivity index (χ0) is 17.5. The number of aromatic nitrogens is 1. The Morgan fingerprint density at radius 1 is 1.25 bits per heavy atom. The molecule has 1 aromatic heterocycles. The number of benzene rings is 1. The molecule has 0 fully saturated rings. The SMILES string of the molecule is CCN=c1scc(-c2ccc(OC)cc2)n1N=C(C)CCC(C)C. The number of thiazole rings is 1. The van der Waals surface area contributed by atoms with Crippen LogP contribution in [0.4, 0.5) is 0 Å². The Hall–Kier alpha value is -1.88. The van der Waals surface area contributed by atoms with Gasteiger partial charge in [-0.2, -0.15) is 5.10 Å². The minimum absolute atomic E-state index is 0.684. The molecule has 0 radical (unpaired) electrons. The first-order valence-corrected chi connectivity index (χ1v) is 9.33. The van der Waals surface area contributed by atoms with Gasteiger partial charge in [0.15, 0.2) is 0 Å². The zero-order valence-corrected chi connectivity index (χ0v) is 16.1. The summed E-state index contributed by atoms with van der Waals surface area (Å²) in [5, 5.41) is 6.97. The average Bonchev–Trinajstić information content (AvgIpc) is 2.96. The summed E-state index contributed by atoms with van der Waals surface area (Å²) in [5.74, 6) is 1.54. The highest BCUT2D eigenvalue weighted by Gasteiger charge is 2.08. The lowest BCUT2D eigenvalue weighted by atomic mass is 10.1. The minimum Gasteiger partial charge on any atom is -0.497 e. The molecule has 0 amide bonds. The summed E-state index contributed by atoms with van der Waals surface area (Å²) >= 11 is 1.63. The zero-order valence-electron chi connectivity index (χ0n) is 15.2. The van der Waals surface area contributed by atoms with E-state index in [-0.39, 0.29) is 0 Å². The highest BCUT2D eigenvalue weighted by atomic mass is 32.1. The Balaban J connectivity index is 2.42. The van der Waals surface area contributed by atoms with Crippen molar-refractivity contribution >= 4 is 17.0 Å². The van der Waals surface area contributed by atoms with Gasteiger partial charge in [-0.25, -0.2) is 4.68 Å². The first kappa shape index (κ1) is 18.5. The molecule has 0 atom stereocenters. The second-order valence-electron chi connectivity index (χ2n) is 6.19. The van der Waals surface area contributed by atoms with Crippen molar-refractivity contribution in [2.45, 2.75) is 40.5 Å². The lowest BCUT2D eigenvalue weighted by molar-refractivity contribution is 0.415. The van der Waals surface area contributed by atoms with E-state index < -0.39 is 0 Å². The molecule has 2 aromatic rings. The van der Waals surface area contributed by atoms with Crippen LogP contribution in [-0.2, 0) is 0 Å². The van der Waals surface area contributed by atoms with E-state index in [2.05, 4.69) is 43.3 Å². The van der Waals surface area contributed by atoms with E-state index in [1.54, 1.807) is 18.4 Å². The molecule has 2 rings (SSSR count). The first-order valence-electron chi connectivity index (χ1n) is 8.45. The molecule has 130 valence electrons. The van der Waals surface area contributed by atoms with Crippen LogP contribution in [0.25, 0.3) is 11.3 Å². The molecule has 24 heavy (non-hydrogen) atoms. The van der Waals surface area contributed by atoms with Crippen LogP contribution in [0.2, 0.25) is 0 Å². The molecule has 0 N–H and O–H groups in total. The van der Waals surface area contributed by atoms with E-state index >= 15 is 0 Å². The molecule has 0 aliphatic rings. The maximum absolute atomic E-state index is 5.25. The fourth-order valence-corrected chi connectivity index (χ4v) is 3.21. The molecule has 0 aliphatic heterocycles. The van der Waals surface area contributed by atoms with Crippen LogP contribution in [0, 0.1) is 5.92 Å². The lowest BCUT2D eigenvalue weighted by Gasteiger charge is -2.08. The van der Waals surface area contributed by atoms with Gasteiger partial charge < -0.3 is 4.74 Å². The monoisotopic (exact) mass is 345 g/mol. The van der Waals surface area contributed by atoms with Gasteiger partial charge in [0.25, 0.3) is 0 Å². The Bertz CT molecular complexity index is 739. The van der Waals surface area contributed by atoms with Crippen molar-refractivity contribution in [3.63, 3.8) is 0 Å². The van der Waals surface area contributed by atoms with Crippen LogP contribution in [0.3, 0.4) is 0 Å². The van der Waals surface area contributed by atoms with Crippen molar-refractivity contribution in [1.29, 1.82) is 0 Å². The van der Waals surface area contributed by atoms with Gasteiger partial charge in [0.05, 0.1) is 12.8 Å². The van der Waals surface area contributed by atoms with Crippen LogP contribution < -0.4 is 9.54 Å². The summed E-state index contributed by atoms with van der Waals surface area (Å²) in [6.45, 7) is 9.38. The molecule has 0 aliphatic carbocycles. The topological polar surface area (TPSA) is 38.9 Å². The van der Waals surface area contributed by atoms with E-state index in [4.69, 9.17) is 9.84 Å². The number of methoxy groups -OCH3 is 1. The summed E-state index contributed by atoms with van der Waals surface area (Å²) in [6.07, 6.45) is 2.16. The molecule has 0 saturated heterocycles. The van der Waals surface area contributed by atoms with Gasteiger partial charge >= 0.3 is 0 Å². The predicted octanol–water partition coefficient (Wildman–Crippen LogP) is 4.81. The Kier molecular flexibility index (Phi) is 6.79. The number of rotatable bonds is 7. The maximum atomic E-state index is 5.25. The largest absolute Gasteiger partial charge is 0.497 e. The summed E-state index contributed by atoms with van der Waals surface area (Å²) < 4.78 is 7.23. The summed E-state index contributed by atoms with van der Waals surface area (Å²) in [7, 11) is 1.68. The van der Waals surface area contributed by atoms with Crippen LogP contribution in [0.1, 0.15) is 40.5 Å². The van der Waals surface area contributed by atoms with Gasteiger partial charge in [-0.05, 0) is 56.9 Å². The summed E-state index contributed by atoms with van der Waals surface area (Å²) in [4.78, 5) is 5.52. The Labute approximate surface area is 148 Å². The number of ether oxygens (including phenoxy) is 1. The van der Waals surface area contributed by atoms with Crippen molar-refractivity contribution in [3.8, 4) is 17.0 Å². The van der Waals surface area contributed by atoms with Crippen molar-refractivity contribution in [2.24, 2.45) is 16.0 Å². The molecule has 0 bridgehead atoms. The minimum atomic E-state index is 0.684. The number of hydrogen-bond acceptors (Lipinski definition) is 4. The van der Waals surface area contributed by atoms with Gasteiger partial charge in [0.2, 0.25) is 4.80 Å². The summed E-state index contributed by atoms with van der Waals surface area (Å²) in [6, 6.07) is 8.07. The van der Waals surface area contributed by atoms with Crippen LogP contribution in [0.15, 0.2) is 39.7 Å². The van der Waals surface area contributed by atoms with Crippen molar-refractivity contribution < 1.29 is 4.74 Å². The molecular formula is C19H27N3OS. The second-order valence-corrected chi connectivity index (χ2v) is 7.02. The molecule has 1 aromatic carbocycles. The van der Waals surface area contributed by atoms with Crippen LogP contribution in [0.5, 0.6) is 5.75 Å². The normalized spacial score (nSPS) is 12.9. The van der Waals surface area contributed by atoms with Gasteiger partial charge in [0, 0.05) is 23.2 Å². The van der Waals surface area contributed by atoms with Crippen molar-refractivity contribution in [1.82, 2.24) is 4.68 Å². The lowest BCUT2D eigenvalue weighted by Crippen LogP contribution is -2.14. The molecule has 1 heterocycles. The van der Waals surface area contributed by atoms with E-state index in [0.29, 0.717) is 5.92 Å². The standard InChI is InChI=1S/C19H27N3OS/c1-6-20-19-22(21-15(4)8-7-14(2)3)18(13-24-19)16-9-11-17(23-5)12-10-16/h9-14H,6-8H2,1-5H3. The predicted molar refractivity (Wildman–Crippen MR) is 103 cm³/mol.